The SMILES string of the molecule is CCC1(CC)CCN(C(=O)CC2COc3ccc(C(=O)N(C)C)cc3N2C)C1. The van der Waals surface area contributed by atoms with E-state index >= 15 is 0 Å². The first-order valence-electron chi connectivity index (χ1n) is 10.3. The lowest BCUT2D eigenvalue weighted by Crippen LogP contribution is -2.44. The van der Waals surface area contributed by atoms with Crippen molar-refractivity contribution >= 4 is 17.5 Å². The largest absolute Gasteiger partial charge is 0.489 e. The van der Waals surface area contributed by atoms with Crippen molar-refractivity contribution in [1.82, 2.24) is 9.80 Å². The van der Waals surface area contributed by atoms with Gasteiger partial charge in [-0.15, -0.1) is 0 Å². The Kier molecular flexibility index (Phi) is 5.87. The maximum Gasteiger partial charge on any atom is 0.253 e. The summed E-state index contributed by atoms with van der Waals surface area (Å²) in [5.74, 6) is 0.925. The fraction of sp³-hybridized carbons (Fsp3) is 0.636. The van der Waals surface area contributed by atoms with Crippen molar-refractivity contribution in [1.29, 1.82) is 0 Å². The van der Waals surface area contributed by atoms with E-state index in [1.807, 2.05) is 24.1 Å². The van der Waals surface area contributed by atoms with Crippen LogP contribution in [0.1, 0.15) is 49.9 Å². The van der Waals surface area contributed by atoms with Crippen molar-refractivity contribution in [2.24, 2.45) is 5.41 Å². The van der Waals surface area contributed by atoms with Gasteiger partial charge in [0.1, 0.15) is 12.4 Å². The molecule has 1 fully saturated rings. The van der Waals surface area contributed by atoms with Crippen LogP contribution in [0.3, 0.4) is 0 Å². The summed E-state index contributed by atoms with van der Waals surface area (Å²) in [4.78, 5) is 30.9. The van der Waals surface area contributed by atoms with Gasteiger partial charge in [-0.25, -0.2) is 0 Å². The molecule has 0 radical (unpaired) electrons. The Bertz CT molecular complexity index is 743. The zero-order valence-electron chi connectivity index (χ0n) is 17.8. The highest BCUT2D eigenvalue weighted by molar-refractivity contribution is 5.95. The zero-order chi connectivity index (χ0) is 20.5. The van der Waals surface area contributed by atoms with Crippen molar-refractivity contribution in [3.63, 3.8) is 0 Å². The van der Waals surface area contributed by atoms with Gasteiger partial charge < -0.3 is 19.4 Å². The number of anilines is 1. The summed E-state index contributed by atoms with van der Waals surface area (Å²) < 4.78 is 5.91. The molecule has 0 aromatic heterocycles. The van der Waals surface area contributed by atoms with Crippen LogP contribution in [0.4, 0.5) is 5.69 Å². The minimum Gasteiger partial charge on any atom is -0.489 e. The quantitative estimate of drug-likeness (QED) is 0.779. The summed E-state index contributed by atoms with van der Waals surface area (Å²) in [6, 6.07) is 5.48. The van der Waals surface area contributed by atoms with Gasteiger partial charge in [-0.1, -0.05) is 13.8 Å². The molecule has 0 N–H and O–H groups in total. The van der Waals surface area contributed by atoms with Crippen molar-refractivity contribution in [2.45, 2.75) is 45.6 Å². The van der Waals surface area contributed by atoms with Crippen LogP contribution in [0.25, 0.3) is 0 Å². The van der Waals surface area contributed by atoms with Crippen LogP contribution < -0.4 is 9.64 Å². The molecular formula is C22H33N3O3. The molecule has 1 aromatic carbocycles. The Balaban J connectivity index is 1.70. The molecule has 0 saturated carbocycles. The van der Waals surface area contributed by atoms with Gasteiger partial charge in [0.25, 0.3) is 5.91 Å². The summed E-state index contributed by atoms with van der Waals surface area (Å²) in [6.07, 6.45) is 3.78. The van der Waals surface area contributed by atoms with Crippen molar-refractivity contribution in [2.75, 3.05) is 45.7 Å². The fourth-order valence-electron chi connectivity index (χ4n) is 4.30. The minimum atomic E-state index is -0.0399. The molecule has 6 heteroatoms. The van der Waals surface area contributed by atoms with Gasteiger partial charge in [0, 0.05) is 39.8 Å². The highest BCUT2D eigenvalue weighted by Crippen LogP contribution is 2.38. The number of hydrogen-bond donors (Lipinski definition) is 0. The maximum atomic E-state index is 12.9. The van der Waals surface area contributed by atoms with Crippen LogP contribution in [-0.4, -0.2) is 68.5 Å². The van der Waals surface area contributed by atoms with Crippen LogP contribution in [0.15, 0.2) is 18.2 Å². The number of nitrogens with zero attached hydrogens (tertiary/aromatic N) is 3. The van der Waals surface area contributed by atoms with E-state index in [0.29, 0.717) is 24.0 Å². The first-order chi connectivity index (χ1) is 13.3. The molecular weight excluding hydrogens is 354 g/mol. The smallest absolute Gasteiger partial charge is 0.253 e. The zero-order valence-corrected chi connectivity index (χ0v) is 17.8. The number of carbonyl (C=O) groups excluding carboxylic acids is 2. The molecule has 2 heterocycles. The summed E-state index contributed by atoms with van der Waals surface area (Å²) in [7, 11) is 5.47. The maximum absolute atomic E-state index is 12.9. The lowest BCUT2D eigenvalue weighted by molar-refractivity contribution is -0.131. The van der Waals surface area contributed by atoms with Crippen molar-refractivity contribution in [3.05, 3.63) is 23.8 Å². The topological polar surface area (TPSA) is 53.1 Å². The summed E-state index contributed by atoms with van der Waals surface area (Å²) >= 11 is 0. The number of ether oxygens (including phenoxy) is 1. The van der Waals surface area contributed by atoms with Crippen LogP contribution in [0.2, 0.25) is 0 Å². The Morgan fingerprint density at radius 2 is 1.96 bits per heavy atom. The van der Waals surface area contributed by atoms with Crippen LogP contribution in [-0.2, 0) is 4.79 Å². The van der Waals surface area contributed by atoms with E-state index in [1.54, 1.807) is 25.1 Å². The number of likely N-dealkylation sites (tertiary alicyclic amines) is 1. The molecule has 2 aliphatic heterocycles. The highest BCUT2D eigenvalue weighted by Gasteiger charge is 2.38. The molecule has 0 aliphatic carbocycles. The number of amides is 2. The number of benzene rings is 1. The molecule has 2 amide bonds. The molecule has 1 aromatic rings. The summed E-state index contributed by atoms with van der Waals surface area (Å²) in [5, 5.41) is 0. The Hall–Kier alpha value is -2.24. The van der Waals surface area contributed by atoms with Gasteiger partial charge in [0.15, 0.2) is 0 Å². The van der Waals surface area contributed by atoms with Gasteiger partial charge in [-0.05, 0) is 42.9 Å². The van der Waals surface area contributed by atoms with Gasteiger partial charge in [-0.3, -0.25) is 9.59 Å². The third-order valence-corrected chi connectivity index (χ3v) is 6.67. The molecule has 0 bridgehead atoms. The van der Waals surface area contributed by atoms with E-state index in [0.717, 1.165) is 43.8 Å². The van der Waals surface area contributed by atoms with Gasteiger partial charge in [0.2, 0.25) is 5.91 Å². The Morgan fingerprint density at radius 3 is 2.57 bits per heavy atom. The first kappa shape index (κ1) is 20.5. The van der Waals surface area contributed by atoms with E-state index in [-0.39, 0.29) is 17.9 Å². The second-order valence-electron chi connectivity index (χ2n) is 8.43. The third-order valence-electron chi connectivity index (χ3n) is 6.67. The monoisotopic (exact) mass is 387 g/mol. The molecule has 28 heavy (non-hydrogen) atoms. The second-order valence-corrected chi connectivity index (χ2v) is 8.43. The molecule has 154 valence electrons. The summed E-state index contributed by atoms with van der Waals surface area (Å²) in [6.45, 7) is 6.66. The number of rotatable bonds is 5. The molecule has 1 unspecified atom stereocenters. The lowest BCUT2D eigenvalue weighted by atomic mass is 9.82. The number of likely N-dealkylation sites (N-methyl/N-ethyl adjacent to an activating group) is 1. The average molecular weight is 388 g/mol. The van der Waals surface area contributed by atoms with E-state index in [1.165, 1.54) is 0 Å². The number of carbonyl (C=O) groups is 2. The normalized spacial score (nSPS) is 20.5. The van der Waals surface area contributed by atoms with Gasteiger partial charge >= 0.3 is 0 Å². The molecule has 6 nitrogen and oxygen atoms in total. The third kappa shape index (κ3) is 3.82. The predicted octanol–water partition coefficient (Wildman–Crippen LogP) is 3.01. The van der Waals surface area contributed by atoms with E-state index in [2.05, 4.69) is 18.7 Å². The van der Waals surface area contributed by atoms with Crippen molar-refractivity contribution in [3.8, 4) is 5.75 Å². The van der Waals surface area contributed by atoms with E-state index in [9.17, 15) is 9.59 Å². The molecule has 1 saturated heterocycles. The average Bonchev–Trinajstić information content (AvgIpc) is 3.14. The van der Waals surface area contributed by atoms with Gasteiger partial charge in [0.05, 0.1) is 18.2 Å². The molecule has 1 atom stereocenters. The van der Waals surface area contributed by atoms with E-state index in [4.69, 9.17) is 4.74 Å². The molecule has 2 aliphatic rings. The fourth-order valence-corrected chi connectivity index (χ4v) is 4.30. The second kappa shape index (κ2) is 8.02. The van der Waals surface area contributed by atoms with Crippen LogP contribution in [0, 0.1) is 5.41 Å². The molecule has 3 rings (SSSR count). The standard InChI is InChI=1S/C22H33N3O3/c1-6-22(7-2)10-11-25(15-22)20(26)13-17-14-28-19-9-8-16(21(27)23(3)4)12-18(19)24(17)5/h8-9,12,17H,6-7,10-11,13-15H2,1-5H3. The Morgan fingerprint density at radius 1 is 1.25 bits per heavy atom. The lowest BCUT2D eigenvalue weighted by Gasteiger charge is -2.36. The van der Waals surface area contributed by atoms with E-state index < -0.39 is 0 Å². The van der Waals surface area contributed by atoms with Crippen molar-refractivity contribution < 1.29 is 14.3 Å². The molecule has 0 spiro atoms. The number of fused-ring (bicyclic) bond motifs is 1. The Labute approximate surface area is 168 Å². The highest BCUT2D eigenvalue weighted by atomic mass is 16.5. The first-order valence-corrected chi connectivity index (χ1v) is 10.3. The van der Waals surface area contributed by atoms with Crippen LogP contribution >= 0.6 is 0 Å². The number of hydrogen-bond acceptors (Lipinski definition) is 4. The summed E-state index contributed by atoms with van der Waals surface area (Å²) in [5.41, 5.74) is 1.79. The van der Waals surface area contributed by atoms with Crippen LogP contribution in [0.5, 0.6) is 5.75 Å². The van der Waals surface area contributed by atoms with Gasteiger partial charge in [-0.2, -0.15) is 0 Å². The minimum absolute atomic E-state index is 0.0250. The predicted molar refractivity (Wildman–Crippen MR) is 111 cm³/mol.